The fourth-order valence-electron chi connectivity index (χ4n) is 2.78. The predicted molar refractivity (Wildman–Crippen MR) is 66.6 cm³/mol. The quantitative estimate of drug-likeness (QED) is 0.766. The van der Waals surface area contributed by atoms with Crippen molar-refractivity contribution in [2.24, 2.45) is 11.8 Å². The molecule has 16 heavy (non-hydrogen) atoms. The number of rotatable bonds is 5. The Balaban J connectivity index is 1.77. The Labute approximate surface area is 99.5 Å². The maximum Gasteiger partial charge on any atom is 0.0500 e. The van der Waals surface area contributed by atoms with Crippen LogP contribution >= 0.6 is 0 Å². The summed E-state index contributed by atoms with van der Waals surface area (Å²) < 4.78 is 5.22. The topological polar surface area (TPSA) is 24.5 Å². The highest BCUT2D eigenvalue weighted by atomic mass is 16.5. The summed E-state index contributed by atoms with van der Waals surface area (Å²) in [6.07, 6.45) is 4.18. The van der Waals surface area contributed by atoms with Crippen LogP contribution in [0.2, 0.25) is 0 Å². The Morgan fingerprint density at radius 2 is 2.25 bits per heavy atom. The second-order valence-electron chi connectivity index (χ2n) is 5.57. The van der Waals surface area contributed by atoms with Gasteiger partial charge in [0.1, 0.15) is 0 Å². The number of ether oxygens (including phenoxy) is 1. The highest BCUT2D eigenvalue weighted by Gasteiger charge is 2.33. The molecule has 0 amide bonds. The van der Waals surface area contributed by atoms with Gasteiger partial charge >= 0.3 is 0 Å². The van der Waals surface area contributed by atoms with Gasteiger partial charge in [0.25, 0.3) is 0 Å². The summed E-state index contributed by atoms with van der Waals surface area (Å²) in [6, 6.07) is 0.761. The summed E-state index contributed by atoms with van der Waals surface area (Å²) in [5, 5.41) is 3.71. The van der Waals surface area contributed by atoms with Crippen molar-refractivity contribution < 1.29 is 4.74 Å². The number of nitrogens with one attached hydrogen (secondary N) is 1. The van der Waals surface area contributed by atoms with Gasteiger partial charge in [0, 0.05) is 32.8 Å². The van der Waals surface area contributed by atoms with Crippen molar-refractivity contribution in [3.05, 3.63) is 0 Å². The zero-order valence-electron chi connectivity index (χ0n) is 10.7. The first kappa shape index (κ1) is 12.3. The molecule has 2 rings (SSSR count). The summed E-state index contributed by atoms with van der Waals surface area (Å²) in [6.45, 7) is 8.07. The molecule has 0 bridgehead atoms. The third-order valence-electron chi connectivity index (χ3n) is 3.72. The summed E-state index contributed by atoms with van der Waals surface area (Å²) >= 11 is 0. The van der Waals surface area contributed by atoms with Gasteiger partial charge in [0.15, 0.2) is 0 Å². The Morgan fingerprint density at radius 3 is 2.94 bits per heavy atom. The van der Waals surface area contributed by atoms with Crippen molar-refractivity contribution in [1.82, 2.24) is 10.2 Å². The van der Waals surface area contributed by atoms with Crippen LogP contribution < -0.4 is 5.32 Å². The van der Waals surface area contributed by atoms with E-state index in [1.807, 2.05) is 0 Å². The fourth-order valence-corrected chi connectivity index (χ4v) is 2.78. The second kappa shape index (κ2) is 5.99. The smallest absolute Gasteiger partial charge is 0.0500 e. The first-order valence-electron chi connectivity index (χ1n) is 6.74. The van der Waals surface area contributed by atoms with Gasteiger partial charge in [-0.3, -0.25) is 0 Å². The van der Waals surface area contributed by atoms with Crippen LogP contribution in [0.5, 0.6) is 0 Å². The van der Waals surface area contributed by atoms with E-state index in [2.05, 4.69) is 17.1 Å². The van der Waals surface area contributed by atoms with Gasteiger partial charge in [0.05, 0.1) is 0 Å². The molecule has 2 unspecified atom stereocenters. The largest absolute Gasteiger partial charge is 0.384 e. The zero-order chi connectivity index (χ0) is 11.4. The van der Waals surface area contributed by atoms with Crippen LogP contribution in [-0.2, 0) is 4.74 Å². The molecule has 0 aromatic rings. The first-order chi connectivity index (χ1) is 7.79. The molecular formula is C13H26N2O. The van der Waals surface area contributed by atoms with E-state index in [-0.39, 0.29) is 0 Å². The molecule has 1 heterocycles. The van der Waals surface area contributed by atoms with Crippen molar-refractivity contribution in [2.75, 3.05) is 39.9 Å². The van der Waals surface area contributed by atoms with E-state index < -0.39 is 0 Å². The first-order valence-corrected chi connectivity index (χ1v) is 6.74. The normalized spacial score (nSPS) is 30.0. The fraction of sp³-hybridized carbons (Fsp3) is 1.00. The minimum Gasteiger partial charge on any atom is -0.384 e. The van der Waals surface area contributed by atoms with Crippen molar-refractivity contribution in [1.29, 1.82) is 0 Å². The summed E-state index contributed by atoms with van der Waals surface area (Å²) in [5.41, 5.74) is 0. The van der Waals surface area contributed by atoms with Crippen molar-refractivity contribution in [3.63, 3.8) is 0 Å². The van der Waals surface area contributed by atoms with Crippen molar-refractivity contribution in [3.8, 4) is 0 Å². The lowest BCUT2D eigenvalue weighted by atomic mass is 10.1. The average molecular weight is 226 g/mol. The third-order valence-corrected chi connectivity index (χ3v) is 3.72. The van der Waals surface area contributed by atoms with Crippen LogP contribution in [-0.4, -0.2) is 50.8 Å². The predicted octanol–water partition coefficient (Wildman–Crippen LogP) is 1.34. The van der Waals surface area contributed by atoms with E-state index in [0.717, 1.165) is 18.6 Å². The number of nitrogens with zero attached hydrogens (tertiary/aromatic N) is 1. The van der Waals surface area contributed by atoms with Gasteiger partial charge in [-0.05, 0) is 44.2 Å². The van der Waals surface area contributed by atoms with Gasteiger partial charge in [0.2, 0.25) is 0 Å². The lowest BCUT2D eigenvalue weighted by Gasteiger charge is -2.26. The van der Waals surface area contributed by atoms with Crippen LogP contribution in [0.3, 0.4) is 0 Å². The highest BCUT2D eigenvalue weighted by Crippen LogP contribution is 2.33. The van der Waals surface area contributed by atoms with Gasteiger partial charge in [-0.2, -0.15) is 0 Å². The molecule has 1 N–H and O–H groups in total. The monoisotopic (exact) mass is 226 g/mol. The molecule has 1 aliphatic heterocycles. The SMILES string of the molecule is COCC(C)CN1CCCNC(C2CC2)C1. The van der Waals surface area contributed by atoms with E-state index in [4.69, 9.17) is 4.74 Å². The van der Waals surface area contributed by atoms with Crippen molar-refractivity contribution in [2.45, 2.75) is 32.2 Å². The van der Waals surface area contributed by atoms with E-state index in [1.165, 1.54) is 45.4 Å². The van der Waals surface area contributed by atoms with E-state index in [1.54, 1.807) is 7.11 Å². The van der Waals surface area contributed by atoms with Crippen LogP contribution in [0.15, 0.2) is 0 Å². The van der Waals surface area contributed by atoms with Gasteiger partial charge < -0.3 is 15.0 Å². The van der Waals surface area contributed by atoms with Crippen LogP contribution in [0.4, 0.5) is 0 Å². The Kier molecular flexibility index (Phi) is 4.62. The van der Waals surface area contributed by atoms with Gasteiger partial charge in [-0.1, -0.05) is 6.92 Å². The second-order valence-corrected chi connectivity index (χ2v) is 5.57. The third kappa shape index (κ3) is 3.72. The lowest BCUT2D eigenvalue weighted by Crippen LogP contribution is -2.41. The van der Waals surface area contributed by atoms with Crippen LogP contribution in [0.1, 0.15) is 26.2 Å². The Morgan fingerprint density at radius 1 is 1.44 bits per heavy atom. The van der Waals surface area contributed by atoms with E-state index in [0.29, 0.717) is 5.92 Å². The Bertz CT molecular complexity index is 206. The summed E-state index contributed by atoms with van der Waals surface area (Å²) in [4.78, 5) is 2.63. The maximum atomic E-state index is 5.22. The highest BCUT2D eigenvalue weighted by molar-refractivity contribution is 4.90. The lowest BCUT2D eigenvalue weighted by molar-refractivity contribution is 0.127. The number of hydrogen-bond donors (Lipinski definition) is 1. The molecular weight excluding hydrogens is 200 g/mol. The van der Waals surface area contributed by atoms with Gasteiger partial charge in [-0.15, -0.1) is 0 Å². The molecule has 2 atom stereocenters. The minimum atomic E-state index is 0.656. The maximum absolute atomic E-state index is 5.22. The molecule has 1 saturated heterocycles. The van der Waals surface area contributed by atoms with E-state index >= 15 is 0 Å². The zero-order valence-corrected chi connectivity index (χ0v) is 10.7. The molecule has 0 radical (unpaired) electrons. The molecule has 3 heteroatoms. The average Bonchev–Trinajstić information content (AvgIpc) is 3.03. The Hall–Kier alpha value is -0.120. The van der Waals surface area contributed by atoms with Gasteiger partial charge in [-0.25, -0.2) is 0 Å². The molecule has 0 spiro atoms. The molecule has 2 aliphatic rings. The molecule has 0 aromatic heterocycles. The summed E-state index contributed by atoms with van der Waals surface area (Å²) in [5.74, 6) is 1.63. The van der Waals surface area contributed by atoms with E-state index in [9.17, 15) is 0 Å². The standard InChI is InChI=1S/C13H26N2O/c1-11(10-16-2)8-15-7-3-6-14-13(9-15)12-4-5-12/h11-14H,3-10H2,1-2H3. The number of hydrogen-bond acceptors (Lipinski definition) is 3. The molecule has 2 fully saturated rings. The van der Waals surface area contributed by atoms with Crippen LogP contribution in [0.25, 0.3) is 0 Å². The van der Waals surface area contributed by atoms with Crippen molar-refractivity contribution >= 4 is 0 Å². The van der Waals surface area contributed by atoms with Crippen LogP contribution in [0, 0.1) is 11.8 Å². The molecule has 3 nitrogen and oxygen atoms in total. The molecule has 1 saturated carbocycles. The number of methoxy groups -OCH3 is 1. The molecule has 0 aromatic carbocycles. The summed E-state index contributed by atoms with van der Waals surface area (Å²) in [7, 11) is 1.80. The molecule has 94 valence electrons. The minimum absolute atomic E-state index is 0.656. The molecule has 1 aliphatic carbocycles.